The van der Waals surface area contributed by atoms with Crippen LogP contribution in [0, 0.1) is 0 Å². The summed E-state index contributed by atoms with van der Waals surface area (Å²) >= 11 is 6.73. The van der Waals surface area contributed by atoms with Gasteiger partial charge in [0.1, 0.15) is 0 Å². The summed E-state index contributed by atoms with van der Waals surface area (Å²) in [6.07, 6.45) is 3.00. The molecule has 0 unspecified atom stereocenters. The second-order valence-corrected chi connectivity index (χ2v) is 5.59. The van der Waals surface area contributed by atoms with Gasteiger partial charge < -0.3 is 5.32 Å². The number of oxime groups is 1. The van der Waals surface area contributed by atoms with Crippen LogP contribution >= 0.6 is 23.5 Å². The van der Waals surface area contributed by atoms with Crippen molar-refractivity contribution in [3.05, 3.63) is 0 Å². The molecule has 0 aromatic rings. The number of nitrogens with zero attached hydrogens (tertiary/aromatic N) is 2. The van der Waals surface area contributed by atoms with E-state index in [-0.39, 0.29) is 4.75 Å². The Labute approximate surface area is 107 Å². The molecule has 0 saturated heterocycles. The van der Waals surface area contributed by atoms with Crippen LogP contribution in [0.5, 0.6) is 0 Å². The Bertz CT molecular complexity index is 220. The number of halogens is 1. The number of rotatable bonds is 3. The van der Waals surface area contributed by atoms with Crippen molar-refractivity contribution < 1.29 is 9.63 Å². The molecule has 0 heterocycles. The smallest absolute Gasteiger partial charge is 0.323 e. The standard InChI is InChI=1S/C7H14N2O2S.C2H6ClN/c1-7(2,12-4)5-9-11-6(10)8-3;1-4(2)3/h5H,1-4H3,(H,8,10);1-2H3/b9-5+;. The van der Waals surface area contributed by atoms with Gasteiger partial charge in [0, 0.05) is 25.9 Å². The Morgan fingerprint density at radius 3 is 2.31 bits per heavy atom. The SMILES string of the molecule is CN(C)Cl.CNC(=O)O/N=C/C(C)(C)SC. The van der Waals surface area contributed by atoms with E-state index in [4.69, 9.17) is 11.8 Å². The molecular formula is C9H20ClN3O2S. The molecule has 1 N–H and O–H groups in total. The van der Waals surface area contributed by atoms with Gasteiger partial charge in [-0.05, 0) is 31.9 Å². The van der Waals surface area contributed by atoms with Crippen molar-refractivity contribution in [1.82, 2.24) is 9.74 Å². The van der Waals surface area contributed by atoms with Gasteiger partial charge in [-0.3, -0.25) is 4.84 Å². The van der Waals surface area contributed by atoms with Crippen LogP contribution in [0.2, 0.25) is 0 Å². The maximum atomic E-state index is 10.5. The van der Waals surface area contributed by atoms with Gasteiger partial charge in [-0.2, -0.15) is 11.8 Å². The molecule has 0 bridgehead atoms. The van der Waals surface area contributed by atoms with Crippen molar-refractivity contribution in [1.29, 1.82) is 0 Å². The Hall–Kier alpha value is -0.460. The molecule has 0 aromatic heterocycles. The molecule has 0 aromatic carbocycles. The molecule has 0 aliphatic carbocycles. The second-order valence-electron chi connectivity index (χ2n) is 3.46. The van der Waals surface area contributed by atoms with Crippen LogP contribution in [0.3, 0.4) is 0 Å². The lowest BCUT2D eigenvalue weighted by atomic mass is 10.2. The summed E-state index contributed by atoms with van der Waals surface area (Å²) in [5.74, 6) is 0. The monoisotopic (exact) mass is 269 g/mol. The first-order chi connectivity index (χ1) is 7.25. The first-order valence-corrected chi connectivity index (χ1v) is 6.13. The topological polar surface area (TPSA) is 53.9 Å². The average molecular weight is 270 g/mol. The molecule has 0 atom stereocenters. The summed E-state index contributed by atoms with van der Waals surface area (Å²) in [5, 5.41) is 5.81. The van der Waals surface area contributed by atoms with E-state index < -0.39 is 6.09 Å². The van der Waals surface area contributed by atoms with Gasteiger partial charge in [0.25, 0.3) is 0 Å². The van der Waals surface area contributed by atoms with Crippen LogP contribution in [0.4, 0.5) is 4.79 Å². The minimum atomic E-state index is -0.553. The van der Waals surface area contributed by atoms with Crippen molar-refractivity contribution in [3.63, 3.8) is 0 Å². The summed E-state index contributed by atoms with van der Waals surface area (Å²) in [5.41, 5.74) is 0. The predicted octanol–water partition coefficient (Wildman–Crippen LogP) is 2.17. The molecule has 0 spiro atoms. The maximum Gasteiger partial charge on any atom is 0.433 e. The molecule has 0 fully saturated rings. The normalized spacial score (nSPS) is 11.0. The molecule has 5 nitrogen and oxygen atoms in total. The molecule has 0 saturated carbocycles. The van der Waals surface area contributed by atoms with Crippen LogP contribution in [0.1, 0.15) is 13.8 Å². The van der Waals surface area contributed by atoms with E-state index in [9.17, 15) is 4.79 Å². The number of thioether (sulfide) groups is 1. The third-order valence-electron chi connectivity index (χ3n) is 1.23. The minimum absolute atomic E-state index is 0.103. The number of carbonyl (C=O) groups excluding carboxylic acids is 1. The number of hydrogen-bond acceptors (Lipinski definition) is 5. The minimum Gasteiger partial charge on any atom is -0.323 e. The lowest BCUT2D eigenvalue weighted by molar-refractivity contribution is 0.153. The van der Waals surface area contributed by atoms with Crippen LogP contribution in [0.15, 0.2) is 5.16 Å². The van der Waals surface area contributed by atoms with E-state index in [0.29, 0.717) is 0 Å². The predicted molar refractivity (Wildman–Crippen MR) is 71.2 cm³/mol. The number of hydrogen-bond donors (Lipinski definition) is 1. The van der Waals surface area contributed by atoms with Crippen molar-refractivity contribution in [2.24, 2.45) is 5.16 Å². The van der Waals surface area contributed by atoms with E-state index >= 15 is 0 Å². The fraction of sp³-hybridized carbons (Fsp3) is 0.778. The van der Waals surface area contributed by atoms with Gasteiger partial charge in [-0.25, -0.2) is 9.21 Å². The van der Waals surface area contributed by atoms with Crippen molar-refractivity contribution >= 4 is 35.8 Å². The molecule has 0 rings (SSSR count). The van der Waals surface area contributed by atoms with Crippen LogP contribution < -0.4 is 5.32 Å². The molecule has 0 aliphatic heterocycles. The summed E-state index contributed by atoms with van der Waals surface area (Å²) < 4.78 is 1.37. The van der Waals surface area contributed by atoms with Crippen molar-refractivity contribution in [2.45, 2.75) is 18.6 Å². The van der Waals surface area contributed by atoms with Crippen LogP contribution in [-0.4, -0.2) is 48.9 Å². The van der Waals surface area contributed by atoms with Gasteiger partial charge in [0.2, 0.25) is 0 Å². The number of amides is 1. The molecule has 1 amide bonds. The molecular weight excluding hydrogens is 250 g/mol. The van der Waals surface area contributed by atoms with Gasteiger partial charge in [0.05, 0.1) is 6.21 Å². The molecule has 96 valence electrons. The van der Waals surface area contributed by atoms with Gasteiger partial charge in [-0.1, -0.05) is 5.16 Å². The van der Waals surface area contributed by atoms with E-state index in [2.05, 4.69) is 15.3 Å². The summed E-state index contributed by atoms with van der Waals surface area (Å²) in [6, 6.07) is 0. The Morgan fingerprint density at radius 1 is 1.56 bits per heavy atom. The highest BCUT2D eigenvalue weighted by atomic mass is 35.5. The summed E-state index contributed by atoms with van der Waals surface area (Å²) in [4.78, 5) is 15.0. The van der Waals surface area contributed by atoms with Crippen LogP contribution in [-0.2, 0) is 4.84 Å². The third kappa shape index (κ3) is 16.0. The van der Waals surface area contributed by atoms with E-state index in [1.54, 1.807) is 32.1 Å². The molecule has 7 heteroatoms. The van der Waals surface area contributed by atoms with E-state index in [0.717, 1.165) is 0 Å². The molecule has 16 heavy (non-hydrogen) atoms. The first-order valence-electron chi connectivity index (χ1n) is 4.56. The average Bonchev–Trinajstić information content (AvgIpc) is 2.16. The van der Waals surface area contributed by atoms with Crippen molar-refractivity contribution in [2.75, 3.05) is 27.4 Å². The number of carbonyl (C=O) groups is 1. The zero-order valence-corrected chi connectivity index (χ0v) is 12.1. The van der Waals surface area contributed by atoms with Gasteiger partial charge in [0.15, 0.2) is 0 Å². The highest BCUT2D eigenvalue weighted by Gasteiger charge is 2.12. The second kappa shape index (κ2) is 9.74. The van der Waals surface area contributed by atoms with Crippen molar-refractivity contribution in [3.8, 4) is 0 Å². The van der Waals surface area contributed by atoms with E-state index in [1.165, 1.54) is 11.5 Å². The first kappa shape index (κ1) is 17.9. The Balaban J connectivity index is 0. The van der Waals surface area contributed by atoms with E-state index in [1.807, 2.05) is 20.1 Å². The zero-order chi connectivity index (χ0) is 13.2. The Morgan fingerprint density at radius 2 is 2.00 bits per heavy atom. The Kier molecular flexibility index (Phi) is 10.9. The van der Waals surface area contributed by atoms with Crippen LogP contribution in [0.25, 0.3) is 0 Å². The molecule has 0 aliphatic rings. The third-order valence-corrected chi connectivity index (χ3v) is 2.39. The lowest BCUT2D eigenvalue weighted by Gasteiger charge is -2.13. The highest BCUT2D eigenvalue weighted by Crippen LogP contribution is 2.17. The fourth-order valence-corrected chi connectivity index (χ4v) is 0.448. The lowest BCUT2D eigenvalue weighted by Crippen LogP contribution is -2.19. The maximum absolute atomic E-state index is 10.5. The molecule has 0 radical (unpaired) electrons. The fourth-order valence-electron chi connectivity index (χ4n) is 0.299. The van der Waals surface area contributed by atoms with Gasteiger partial charge >= 0.3 is 6.09 Å². The highest BCUT2D eigenvalue weighted by molar-refractivity contribution is 8.00. The largest absolute Gasteiger partial charge is 0.433 e. The zero-order valence-electron chi connectivity index (χ0n) is 10.6. The number of nitrogens with one attached hydrogen (secondary N) is 1. The quantitative estimate of drug-likeness (QED) is 0.369. The summed E-state index contributed by atoms with van der Waals surface area (Å²) in [7, 11) is 5.01. The summed E-state index contributed by atoms with van der Waals surface area (Å²) in [6.45, 7) is 3.96. The van der Waals surface area contributed by atoms with Gasteiger partial charge in [-0.15, -0.1) is 0 Å².